The molecule has 0 aliphatic carbocycles. The summed E-state index contributed by atoms with van der Waals surface area (Å²) in [7, 11) is 0. The molecule has 0 bridgehead atoms. The fourth-order valence-corrected chi connectivity index (χ4v) is 0.654. The molecule has 1 rings (SSSR count). The predicted molar refractivity (Wildman–Crippen MR) is 47.7 cm³/mol. The van der Waals surface area contributed by atoms with Crippen molar-refractivity contribution >= 4 is 0 Å². The number of hydrogen-bond acceptors (Lipinski definition) is 1. The van der Waals surface area contributed by atoms with Crippen molar-refractivity contribution in [3.05, 3.63) is 34.7 Å². The Morgan fingerprint density at radius 3 is 2.09 bits per heavy atom. The molecule has 1 aromatic rings. The lowest BCUT2D eigenvalue weighted by molar-refractivity contribution is 0.754. The van der Waals surface area contributed by atoms with Crippen LogP contribution in [0.2, 0.25) is 0 Å². The minimum atomic E-state index is 0.0692. The van der Waals surface area contributed by atoms with Gasteiger partial charge in [0.1, 0.15) is 0 Å². The van der Waals surface area contributed by atoms with Crippen LogP contribution in [-0.4, -0.2) is 4.57 Å². The Kier molecular flexibility index (Phi) is 5.17. The maximum atomic E-state index is 10.5. The third-order valence-electron chi connectivity index (χ3n) is 1.23. The molecule has 0 radical (unpaired) electrons. The lowest BCUT2D eigenvalue weighted by Gasteiger charge is -1.96. The van der Waals surface area contributed by atoms with E-state index in [0.29, 0.717) is 0 Å². The molecule has 2 nitrogen and oxygen atoms in total. The van der Waals surface area contributed by atoms with Gasteiger partial charge in [0.25, 0.3) is 0 Å². The van der Waals surface area contributed by atoms with E-state index in [1.54, 1.807) is 24.5 Å². The quantitative estimate of drug-likeness (QED) is 0.604. The van der Waals surface area contributed by atoms with Crippen molar-refractivity contribution < 1.29 is 0 Å². The Morgan fingerprint density at radius 2 is 1.73 bits per heavy atom. The van der Waals surface area contributed by atoms with Crippen LogP contribution in [0.15, 0.2) is 29.3 Å². The standard InChI is InChI=1S/C7H9NO.C2H6/c1-2-8-5-3-7(9)4-6-8;1-2/h3-6H,2H2,1H3;1-2H3. The second kappa shape index (κ2) is 5.71. The normalized spacial score (nSPS) is 8.27. The van der Waals surface area contributed by atoms with Crippen LogP contribution in [0.5, 0.6) is 0 Å². The molecule has 0 amide bonds. The molecule has 0 aliphatic rings. The maximum absolute atomic E-state index is 10.5. The topological polar surface area (TPSA) is 22.0 Å². The van der Waals surface area contributed by atoms with Crippen LogP contribution in [-0.2, 0) is 6.54 Å². The molecule has 2 heteroatoms. The average Bonchev–Trinajstić information content (AvgIpc) is 2.10. The van der Waals surface area contributed by atoms with Crippen LogP contribution in [0.1, 0.15) is 20.8 Å². The van der Waals surface area contributed by atoms with Crippen LogP contribution in [0.25, 0.3) is 0 Å². The smallest absolute Gasteiger partial charge is 0.181 e. The molecule has 0 atom stereocenters. The number of rotatable bonds is 1. The van der Waals surface area contributed by atoms with Gasteiger partial charge in [0.05, 0.1) is 0 Å². The van der Waals surface area contributed by atoms with Gasteiger partial charge in [-0.15, -0.1) is 0 Å². The van der Waals surface area contributed by atoms with E-state index in [-0.39, 0.29) is 5.43 Å². The number of aryl methyl sites for hydroxylation is 1. The molecule has 62 valence electrons. The highest BCUT2D eigenvalue weighted by Crippen LogP contribution is 1.80. The van der Waals surface area contributed by atoms with Gasteiger partial charge in [-0.05, 0) is 6.92 Å². The monoisotopic (exact) mass is 153 g/mol. The molecule has 0 spiro atoms. The van der Waals surface area contributed by atoms with Crippen LogP contribution in [0, 0.1) is 0 Å². The van der Waals surface area contributed by atoms with E-state index < -0.39 is 0 Å². The number of hydrogen-bond donors (Lipinski definition) is 0. The molecule has 0 saturated heterocycles. The Bertz CT molecular complexity index is 219. The fraction of sp³-hybridized carbons (Fsp3) is 0.444. The van der Waals surface area contributed by atoms with Gasteiger partial charge in [-0.1, -0.05) is 13.8 Å². The van der Waals surface area contributed by atoms with Crippen LogP contribution in [0.4, 0.5) is 0 Å². The maximum Gasteiger partial charge on any atom is 0.181 e. The minimum absolute atomic E-state index is 0.0692. The van der Waals surface area contributed by atoms with Crippen molar-refractivity contribution in [2.24, 2.45) is 0 Å². The van der Waals surface area contributed by atoms with Gasteiger partial charge >= 0.3 is 0 Å². The van der Waals surface area contributed by atoms with E-state index >= 15 is 0 Å². The third kappa shape index (κ3) is 3.61. The summed E-state index contributed by atoms with van der Waals surface area (Å²) in [6.07, 6.45) is 3.56. The third-order valence-corrected chi connectivity index (χ3v) is 1.23. The molecule has 0 fully saturated rings. The highest BCUT2D eigenvalue weighted by molar-refractivity contribution is 4.93. The van der Waals surface area contributed by atoms with Crippen molar-refractivity contribution in [1.82, 2.24) is 4.57 Å². The Morgan fingerprint density at radius 1 is 1.27 bits per heavy atom. The summed E-state index contributed by atoms with van der Waals surface area (Å²) in [5, 5.41) is 0. The van der Waals surface area contributed by atoms with Crippen LogP contribution < -0.4 is 5.43 Å². The van der Waals surface area contributed by atoms with Gasteiger partial charge in [0.15, 0.2) is 5.43 Å². The first-order valence-corrected chi connectivity index (χ1v) is 3.99. The van der Waals surface area contributed by atoms with Gasteiger partial charge in [-0.2, -0.15) is 0 Å². The predicted octanol–water partition coefficient (Wildman–Crippen LogP) is 1.89. The summed E-state index contributed by atoms with van der Waals surface area (Å²) < 4.78 is 1.95. The van der Waals surface area contributed by atoms with Gasteiger partial charge in [0.2, 0.25) is 0 Å². The SMILES string of the molecule is CC.CCn1ccc(=O)cc1. The Balaban J connectivity index is 0.000000461. The summed E-state index contributed by atoms with van der Waals surface area (Å²) in [4.78, 5) is 10.5. The summed E-state index contributed by atoms with van der Waals surface area (Å²) in [5.41, 5.74) is 0.0692. The molecule has 1 aromatic heterocycles. The summed E-state index contributed by atoms with van der Waals surface area (Å²) in [5.74, 6) is 0. The van der Waals surface area contributed by atoms with Gasteiger partial charge < -0.3 is 4.57 Å². The average molecular weight is 153 g/mol. The van der Waals surface area contributed by atoms with E-state index in [2.05, 4.69) is 0 Å². The van der Waals surface area contributed by atoms with Gasteiger partial charge in [0, 0.05) is 31.1 Å². The lowest BCUT2D eigenvalue weighted by Crippen LogP contribution is -2.01. The van der Waals surface area contributed by atoms with Gasteiger partial charge in [-0.25, -0.2) is 0 Å². The molecule has 1 heterocycles. The van der Waals surface area contributed by atoms with Crippen molar-refractivity contribution in [3.8, 4) is 0 Å². The van der Waals surface area contributed by atoms with E-state index in [4.69, 9.17) is 0 Å². The molecule has 0 aliphatic heterocycles. The number of pyridine rings is 1. The summed E-state index contributed by atoms with van der Waals surface area (Å²) in [6, 6.07) is 3.12. The molecule has 0 saturated carbocycles. The van der Waals surface area contributed by atoms with Crippen molar-refractivity contribution in [1.29, 1.82) is 0 Å². The first-order valence-electron chi connectivity index (χ1n) is 3.99. The molecule has 0 aromatic carbocycles. The van der Waals surface area contributed by atoms with E-state index in [9.17, 15) is 4.79 Å². The number of nitrogens with zero attached hydrogens (tertiary/aromatic N) is 1. The molecule has 0 unspecified atom stereocenters. The van der Waals surface area contributed by atoms with Crippen LogP contribution >= 0.6 is 0 Å². The highest BCUT2D eigenvalue weighted by atomic mass is 16.1. The molecular weight excluding hydrogens is 138 g/mol. The zero-order valence-corrected chi connectivity index (χ0v) is 7.37. The number of aromatic nitrogens is 1. The van der Waals surface area contributed by atoms with Gasteiger partial charge in [-0.3, -0.25) is 4.79 Å². The van der Waals surface area contributed by atoms with E-state index in [1.807, 2.05) is 25.3 Å². The summed E-state index contributed by atoms with van der Waals surface area (Å²) >= 11 is 0. The van der Waals surface area contributed by atoms with E-state index in [0.717, 1.165) is 6.54 Å². The zero-order chi connectivity index (χ0) is 8.69. The van der Waals surface area contributed by atoms with Crippen molar-refractivity contribution in [3.63, 3.8) is 0 Å². The van der Waals surface area contributed by atoms with Crippen molar-refractivity contribution in [2.45, 2.75) is 27.3 Å². The second-order valence-electron chi connectivity index (χ2n) is 1.86. The first-order chi connectivity index (χ1) is 5.33. The van der Waals surface area contributed by atoms with Crippen molar-refractivity contribution in [2.75, 3.05) is 0 Å². The lowest BCUT2D eigenvalue weighted by atomic mass is 10.5. The Labute approximate surface area is 67.5 Å². The summed E-state index contributed by atoms with van der Waals surface area (Å²) in [6.45, 7) is 6.95. The molecule has 0 N–H and O–H groups in total. The molecular formula is C9H15NO. The minimum Gasteiger partial charge on any atom is -0.354 e. The largest absolute Gasteiger partial charge is 0.354 e. The first kappa shape index (κ1) is 9.95. The zero-order valence-electron chi connectivity index (χ0n) is 7.37. The molecule has 11 heavy (non-hydrogen) atoms. The Hall–Kier alpha value is -1.05. The van der Waals surface area contributed by atoms with Crippen LogP contribution in [0.3, 0.4) is 0 Å². The second-order valence-corrected chi connectivity index (χ2v) is 1.86. The van der Waals surface area contributed by atoms with E-state index in [1.165, 1.54) is 0 Å². The fourth-order valence-electron chi connectivity index (χ4n) is 0.654. The highest BCUT2D eigenvalue weighted by Gasteiger charge is 1.80.